The van der Waals surface area contributed by atoms with Gasteiger partial charge in [0.1, 0.15) is 23.3 Å². The number of hydrogen-bond acceptors (Lipinski definition) is 8. The fourth-order valence-corrected chi connectivity index (χ4v) is 5.26. The zero-order valence-corrected chi connectivity index (χ0v) is 22.5. The van der Waals surface area contributed by atoms with Crippen LogP contribution in [0.4, 0.5) is 23.3 Å². The first kappa shape index (κ1) is 25.7. The van der Waals surface area contributed by atoms with Crippen LogP contribution >= 0.6 is 0 Å². The van der Waals surface area contributed by atoms with Crippen LogP contribution in [0.1, 0.15) is 63.7 Å². The van der Waals surface area contributed by atoms with Crippen LogP contribution in [0.2, 0.25) is 0 Å². The monoisotopic (exact) mass is 508 g/mol. The van der Waals surface area contributed by atoms with Crippen LogP contribution < -0.4 is 20.4 Å². The van der Waals surface area contributed by atoms with E-state index < -0.39 is 5.54 Å². The molecule has 2 saturated heterocycles. The standard InChI is InChI=1S/C28H40N6O3/c1-26(2,19-35)32-22-9-8-20(24(30-22)33-14-12-28(10-11-28)13-15-33)25(36)31-21-6-5-7-23(29-21)34-16-17-37-27(3,4)18-34/h5-9,35H,10-19H2,1-4H3,(H,30,32)(H,29,31,36). The summed E-state index contributed by atoms with van der Waals surface area (Å²) in [7, 11) is 0. The predicted molar refractivity (Wildman–Crippen MR) is 147 cm³/mol. The van der Waals surface area contributed by atoms with Crippen LogP contribution in [0.5, 0.6) is 0 Å². The van der Waals surface area contributed by atoms with E-state index in [1.807, 2.05) is 44.2 Å². The molecule has 1 aliphatic carbocycles. The van der Waals surface area contributed by atoms with Crippen LogP contribution in [0.25, 0.3) is 0 Å². The second-order valence-corrected chi connectivity index (χ2v) is 12.1. The first-order valence-corrected chi connectivity index (χ1v) is 13.4. The summed E-state index contributed by atoms with van der Waals surface area (Å²) in [6, 6.07) is 9.33. The Morgan fingerprint density at radius 3 is 2.46 bits per heavy atom. The van der Waals surface area contributed by atoms with Crippen molar-refractivity contribution in [1.82, 2.24) is 9.97 Å². The largest absolute Gasteiger partial charge is 0.394 e. The van der Waals surface area contributed by atoms with E-state index >= 15 is 0 Å². The molecule has 0 aromatic carbocycles. The summed E-state index contributed by atoms with van der Waals surface area (Å²) in [6.45, 7) is 11.9. The van der Waals surface area contributed by atoms with Gasteiger partial charge in [0, 0.05) is 26.2 Å². The summed E-state index contributed by atoms with van der Waals surface area (Å²) in [5.41, 5.74) is 0.283. The quantitative estimate of drug-likeness (QED) is 0.517. The first-order chi connectivity index (χ1) is 17.6. The lowest BCUT2D eigenvalue weighted by atomic mass is 9.93. The molecule has 1 saturated carbocycles. The van der Waals surface area contributed by atoms with Crippen molar-refractivity contribution >= 4 is 29.2 Å². The Morgan fingerprint density at radius 2 is 1.78 bits per heavy atom. The number of aromatic nitrogens is 2. The first-order valence-electron chi connectivity index (χ1n) is 13.4. The van der Waals surface area contributed by atoms with E-state index in [1.54, 1.807) is 0 Å². The molecule has 0 radical (unpaired) electrons. The average molecular weight is 509 g/mol. The highest BCUT2D eigenvalue weighted by Crippen LogP contribution is 2.54. The number of anilines is 4. The maximum absolute atomic E-state index is 13.5. The Morgan fingerprint density at radius 1 is 1.03 bits per heavy atom. The molecule has 200 valence electrons. The van der Waals surface area contributed by atoms with Crippen molar-refractivity contribution in [3.8, 4) is 0 Å². The zero-order valence-electron chi connectivity index (χ0n) is 22.5. The van der Waals surface area contributed by atoms with Crippen molar-refractivity contribution in [2.24, 2.45) is 5.41 Å². The van der Waals surface area contributed by atoms with E-state index in [1.165, 1.54) is 12.8 Å². The third kappa shape index (κ3) is 5.99. The van der Waals surface area contributed by atoms with Gasteiger partial charge in [-0.1, -0.05) is 6.07 Å². The number of rotatable bonds is 7. The summed E-state index contributed by atoms with van der Waals surface area (Å²) < 4.78 is 5.83. The summed E-state index contributed by atoms with van der Waals surface area (Å²) in [5, 5.41) is 16.0. The number of aliphatic hydroxyl groups excluding tert-OH is 1. The molecular formula is C28H40N6O3. The third-order valence-electron chi connectivity index (χ3n) is 7.79. The molecule has 1 amide bonds. The van der Waals surface area contributed by atoms with Crippen molar-refractivity contribution in [1.29, 1.82) is 0 Å². The van der Waals surface area contributed by atoms with E-state index in [4.69, 9.17) is 14.7 Å². The molecule has 5 rings (SSSR count). The molecule has 3 fully saturated rings. The van der Waals surface area contributed by atoms with Crippen molar-refractivity contribution < 1.29 is 14.6 Å². The smallest absolute Gasteiger partial charge is 0.260 e. The number of amides is 1. The normalized spacial score (nSPS) is 20.6. The van der Waals surface area contributed by atoms with Crippen LogP contribution in [-0.2, 0) is 4.74 Å². The van der Waals surface area contributed by atoms with Crippen LogP contribution in [0.3, 0.4) is 0 Å². The van der Waals surface area contributed by atoms with Crippen LogP contribution in [0, 0.1) is 5.41 Å². The molecule has 2 aromatic rings. The number of carbonyl (C=O) groups excluding carboxylic acids is 1. The van der Waals surface area contributed by atoms with Crippen molar-refractivity contribution in [3.05, 3.63) is 35.9 Å². The summed E-state index contributed by atoms with van der Waals surface area (Å²) in [5.74, 6) is 2.43. The topological polar surface area (TPSA) is 103 Å². The number of morpholine rings is 1. The second-order valence-electron chi connectivity index (χ2n) is 12.1. The fourth-order valence-electron chi connectivity index (χ4n) is 5.26. The van der Waals surface area contributed by atoms with Crippen LogP contribution in [-0.4, -0.2) is 71.5 Å². The molecule has 0 unspecified atom stereocenters. The highest BCUT2D eigenvalue weighted by Gasteiger charge is 2.45. The second kappa shape index (κ2) is 9.76. The Bertz CT molecular complexity index is 1140. The van der Waals surface area contributed by atoms with Gasteiger partial charge in [-0.2, -0.15) is 0 Å². The fraction of sp³-hybridized carbons (Fsp3) is 0.607. The van der Waals surface area contributed by atoms with Gasteiger partial charge in [0.05, 0.1) is 29.9 Å². The molecule has 0 atom stereocenters. The minimum Gasteiger partial charge on any atom is -0.394 e. The highest BCUT2D eigenvalue weighted by molar-refractivity contribution is 6.07. The molecule has 37 heavy (non-hydrogen) atoms. The van der Waals surface area contributed by atoms with Gasteiger partial charge in [-0.25, -0.2) is 9.97 Å². The molecule has 3 aliphatic rings. The van der Waals surface area contributed by atoms with Crippen molar-refractivity contribution in [2.45, 2.75) is 64.5 Å². The lowest BCUT2D eigenvalue weighted by molar-refractivity contribution is -0.0279. The van der Waals surface area contributed by atoms with Gasteiger partial charge in [0.25, 0.3) is 5.91 Å². The summed E-state index contributed by atoms with van der Waals surface area (Å²) in [6.07, 6.45) is 4.90. The van der Waals surface area contributed by atoms with Gasteiger partial charge in [-0.15, -0.1) is 0 Å². The average Bonchev–Trinajstić information content (AvgIpc) is 3.62. The third-order valence-corrected chi connectivity index (χ3v) is 7.79. The molecule has 2 aromatic heterocycles. The van der Waals surface area contributed by atoms with Gasteiger partial charge in [-0.05, 0) is 83.1 Å². The van der Waals surface area contributed by atoms with Gasteiger partial charge < -0.3 is 30.3 Å². The van der Waals surface area contributed by atoms with E-state index in [-0.39, 0.29) is 18.1 Å². The Hall–Kier alpha value is -2.91. The number of pyridine rings is 2. The van der Waals surface area contributed by atoms with E-state index in [2.05, 4.69) is 34.3 Å². The molecule has 1 spiro atoms. The highest BCUT2D eigenvalue weighted by atomic mass is 16.5. The molecule has 9 nitrogen and oxygen atoms in total. The number of ether oxygens (including phenoxy) is 1. The predicted octanol–water partition coefficient (Wildman–Crippen LogP) is 3.91. The van der Waals surface area contributed by atoms with E-state index in [0.29, 0.717) is 35.0 Å². The Kier molecular flexibility index (Phi) is 6.79. The molecule has 9 heteroatoms. The zero-order chi connectivity index (χ0) is 26.3. The van der Waals surface area contributed by atoms with Gasteiger partial charge >= 0.3 is 0 Å². The van der Waals surface area contributed by atoms with Crippen LogP contribution in [0.15, 0.2) is 30.3 Å². The maximum atomic E-state index is 13.5. The van der Waals surface area contributed by atoms with Gasteiger partial charge in [-0.3, -0.25) is 4.79 Å². The van der Waals surface area contributed by atoms with E-state index in [0.717, 1.165) is 44.8 Å². The maximum Gasteiger partial charge on any atom is 0.260 e. The lowest BCUT2D eigenvalue weighted by Gasteiger charge is -2.38. The van der Waals surface area contributed by atoms with Crippen molar-refractivity contribution in [2.75, 3.05) is 59.8 Å². The molecule has 4 heterocycles. The van der Waals surface area contributed by atoms with E-state index in [9.17, 15) is 9.90 Å². The van der Waals surface area contributed by atoms with Gasteiger partial charge in [0.2, 0.25) is 0 Å². The van der Waals surface area contributed by atoms with Gasteiger partial charge in [0.15, 0.2) is 0 Å². The Labute approximate surface area is 219 Å². The minimum atomic E-state index is -0.521. The molecule has 3 N–H and O–H groups in total. The number of carbonyl (C=O) groups is 1. The molecular weight excluding hydrogens is 468 g/mol. The summed E-state index contributed by atoms with van der Waals surface area (Å²) in [4.78, 5) is 27.6. The molecule has 0 bridgehead atoms. The number of nitrogens with zero attached hydrogens (tertiary/aromatic N) is 4. The summed E-state index contributed by atoms with van der Waals surface area (Å²) >= 11 is 0. The lowest BCUT2D eigenvalue weighted by Crippen LogP contribution is -2.48. The minimum absolute atomic E-state index is 0.0270. The van der Waals surface area contributed by atoms with Crippen molar-refractivity contribution in [3.63, 3.8) is 0 Å². The Balaban J connectivity index is 1.37. The molecule has 2 aliphatic heterocycles. The number of hydrogen-bond donors (Lipinski definition) is 3. The SMILES string of the molecule is CC(C)(CO)Nc1ccc(C(=O)Nc2cccc(N3CCOC(C)(C)C3)n2)c(N2CCC3(CC2)CC3)n1. The number of nitrogens with one attached hydrogen (secondary N) is 2. The number of aliphatic hydroxyl groups is 1. The number of piperidine rings is 1.